The van der Waals surface area contributed by atoms with E-state index in [2.05, 4.69) is 9.98 Å². The number of cyclic esters (lactones) is 2. The van der Waals surface area contributed by atoms with Gasteiger partial charge in [0.05, 0.1) is 0 Å². The van der Waals surface area contributed by atoms with Gasteiger partial charge >= 0.3 is 11.9 Å². The first kappa shape index (κ1) is 18.7. The molecule has 0 N–H and O–H groups in total. The zero-order chi connectivity index (χ0) is 20.1. The van der Waals surface area contributed by atoms with E-state index in [9.17, 15) is 9.59 Å². The van der Waals surface area contributed by atoms with Crippen molar-refractivity contribution in [3.05, 3.63) is 69.7 Å². The van der Waals surface area contributed by atoms with Crippen molar-refractivity contribution in [1.82, 2.24) is 0 Å². The van der Waals surface area contributed by atoms with Crippen molar-refractivity contribution < 1.29 is 19.1 Å². The molecule has 0 saturated carbocycles. The zero-order valence-corrected chi connectivity index (χ0v) is 16.4. The highest BCUT2D eigenvalue weighted by molar-refractivity contribution is 6.38. The Hall–Kier alpha value is -2.70. The fraction of sp³-hybridized carbons (Fsp3) is 0.200. The molecule has 0 saturated heterocycles. The molecule has 28 heavy (non-hydrogen) atoms. The van der Waals surface area contributed by atoms with Crippen molar-refractivity contribution in [3.63, 3.8) is 0 Å². The Balaban J connectivity index is 2.04. The monoisotopic (exact) mass is 416 g/mol. The lowest BCUT2D eigenvalue weighted by Crippen LogP contribution is -2.48. The number of hydrogen-bond acceptors (Lipinski definition) is 6. The molecule has 0 amide bonds. The van der Waals surface area contributed by atoms with Crippen LogP contribution in [0.25, 0.3) is 0 Å². The molecule has 2 aliphatic rings. The number of ether oxygens (including phenoxy) is 2. The molecule has 2 atom stereocenters. The third-order valence-electron chi connectivity index (χ3n) is 4.65. The number of esters is 2. The van der Waals surface area contributed by atoms with Crippen molar-refractivity contribution in [2.24, 2.45) is 9.98 Å². The maximum Gasteiger partial charge on any atom is 0.354 e. The van der Waals surface area contributed by atoms with E-state index < -0.39 is 23.4 Å². The maximum atomic E-state index is 12.4. The largest absolute Gasteiger partial charge is 0.421 e. The molecule has 2 unspecified atom stereocenters. The van der Waals surface area contributed by atoms with E-state index >= 15 is 0 Å². The number of halogens is 2. The predicted molar refractivity (Wildman–Crippen MR) is 105 cm³/mol. The quantitative estimate of drug-likeness (QED) is 0.707. The molecule has 8 heteroatoms. The van der Waals surface area contributed by atoms with E-state index in [-0.39, 0.29) is 11.4 Å². The molecule has 0 spiro atoms. The molecule has 2 heterocycles. The van der Waals surface area contributed by atoms with Crippen LogP contribution in [0.15, 0.2) is 58.5 Å². The Morgan fingerprint density at radius 2 is 1.00 bits per heavy atom. The van der Waals surface area contributed by atoms with Gasteiger partial charge in [0.15, 0.2) is 0 Å². The topological polar surface area (TPSA) is 77.3 Å². The van der Waals surface area contributed by atoms with Crippen LogP contribution in [0.5, 0.6) is 0 Å². The number of benzene rings is 2. The summed E-state index contributed by atoms with van der Waals surface area (Å²) in [7, 11) is 0. The second-order valence-corrected chi connectivity index (χ2v) is 7.35. The van der Waals surface area contributed by atoms with Gasteiger partial charge in [0.25, 0.3) is 11.4 Å². The highest BCUT2D eigenvalue weighted by atomic mass is 35.5. The van der Waals surface area contributed by atoms with Crippen LogP contribution >= 0.6 is 23.2 Å². The molecule has 0 fully saturated rings. The van der Waals surface area contributed by atoms with Gasteiger partial charge < -0.3 is 9.47 Å². The summed E-state index contributed by atoms with van der Waals surface area (Å²) in [5.41, 5.74) is -2.27. The van der Waals surface area contributed by atoms with Gasteiger partial charge in [0.1, 0.15) is 11.4 Å². The standard InChI is InChI=1S/C20H14Cl2N2O4/c1-11-17(25)27-19(23-11,13-3-7-15(21)8-4-13)20(24-12(2)18(26)28-20)14-5-9-16(22)10-6-14/h3-10H,1-2H3. The number of hydrogen-bond donors (Lipinski definition) is 0. The fourth-order valence-electron chi connectivity index (χ4n) is 3.31. The van der Waals surface area contributed by atoms with Gasteiger partial charge in [-0.1, -0.05) is 47.5 Å². The SMILES string of the molecule is CC1=NC(c2ccc(Cl)cc2)(C2(c3ccc(Cl)cc3)N=C(C)C(=O)O2)OC1=O. The third-order valence-corrected chi connectivity index (χ3v) is 5.16. The average Bonchev–Trinajstić information content (AvgIpc) is 3.14. The average molecular weight is 417 g/mol. The van der Waals surface area contributed by atoms with Gasteiger partial charge in [-0.25, -0.2) is 19.6 Å². The van der Waals surface area contributed by atoms with Gasteiger partial charge in [-0.15, -0.1) is 0 Å². The summed E-state index contributed by atoms with van der Waals surface area (Å²) < 4.78 is 11.5. The molecule has 2 aliphatic heterocycles. The van der Waals surface area contributed by atoms with E-state index in [1.54, 1.807) is 48.5 Å². The smallest absolute Gasteiger partial charge is 0.354 e. The summed E-state index contributed by atoms with van der Waals surface area (Å²) in [6.45, 7) is 3.06. The van der Waals surface area contributed by atoms with Crippen molar-refractivity contribution in [3.8, 4) is 0 Å². The number of carbonyl (C=O) groups is 2. The van der Waals surface area contributed by atoms with Gasteiger partial charge in [0.2, 0.25) is 0 Å². The summed E-state index contributed by atoms with van der Waals surface area (Å²) >= 11 is 12.1. The Morgan fingerprint density at radius 1 is 0.679 bits per heavy atom. The second-order valence-electron chi connectivity index (χ2n) is 6.48. The van der Waals surface area contributed by atoms with Crippen LogP contribution in [0.4, 0.5) is 0 Å². The molecule has 142 valence electrons. The lowest BCUT2D eigenvalue weighted by molar-refractivity contribution is -0.200. The van der Waals surface area contributed by atoms with Gasteiger partial charge in [-0.3, -0.25) is 0 Å². The Morgan fingerprint density at radius 3 is 1.25 bits per heavy atom. The van der Waals surface area contributed by atoms with Gasteiger partial charge in [-0.2, -0.15) is 0 Å². The fourth-order valence-corrected chi connectivity index (χ4v) is 3.56. The van der Waals surface area contributed by atoms with E-state index in [4.69, 9.17) is 32.7 Å². The summed E-state index contributed by atoms with van der Waals surface area (Å²) in [6.07, 6.45) is 0. The third kappa shape index (κ3) is 2.64. The van der Waals surface area contributed by atoms with Gasteiger partial charge in [-0.05, 0) is 38.1 Å². The van der Waals surface area contributed by atoms with Crippen LogP contribution in [0.2, 0.25) is 10.0 Å². The minimum absolute atomic E-state index is 0.138. The molecule has 0 aromatic heterocycles. The van der Waals surface area contributed by atoms with Crippen LogP contribution in [-0.4, -0.2) is 23.4 Å². The highest BCUT2D eigenvalue weighted by Crippen LogP contribution is 2.53. The number of aliphatic imine (C=N–C) groups is 2. The van der Waals surface area contributed by atoms with Crippen LogP contribution in [0, 0.1) is 0 Å². The molecule has 0 radical (unpaired) electrons. The van der Waals surface area contributed by atoms with E-state index in [0.717, 1.165) is 0 Å². The molecule has 0 bridgehead atoms. The molecule has 4 rings (SSSR count). The Labute approximate surface area is 170 Å². The zero-order valence-electron chi connectivity index (χ0n) is 14.9. The Bertz CT molecular complexity index is 961. The molecular weight excluding hydrogens is 403 g/mol. The van der Waals surface area contributed by atoms with Crippen molar-refractivity contribution >= 4 is 46.6 Å². The molecule has 6 nitrogen and oxygen atoms in total. The van der Waals surface area contributed by atoms with E-state index in [0.29, 0.717) is 21.2 Å². The summed E-state index contributed by atoms with van der Waals surface area (Å²) in [5.74, 6) is -1.25. The number of rotatable bonds is 3. The molecule has 2 aromatic carbocycles. The van der Waals surface area contributed by atoms with E-state index in [1.807, 2.05) is 0 Å². The van der Waals surface area contributed by atoms with Crippen LogP contribution < -0.4 is 0 Å². The second kappa shape index (κ2) is 6.43. The first-order valence-corrected chi connectivity index (χ1v) is 9.15. The molecular formula is C20H14Cl2N2O4. The van der Waals surface area contributed by atoms with Crippen molar-refractivity contribution in [2.45, 2.75) is 25.3 Å². The summed E-state index contributed by atoms with van der Waals surface area (Å²) in [4.78, 5) is 33.8. The van der Waals surface area contributed by atoms with Crippen molar-refractivity contribution in [1.29, 1.82) is 0 Å². The van der Waals surface area contributed by atoms with Gasteiger partial charge in [0, 0.05) is 21.2 Å². The maximum absolute atomic E-state index is 12.4. The first-order chi connectivity index (χ1) is 13.3. The summed E-state index contributed by atoms with van der Waals surface area (Å²) in [6, 6.07) is 13.2. The lowest BCUT2D eigenvalue weighted by atomic mass is 9.86. The normalized spacial score (nSPS) is 26.6. The minimum atomic E-state index is -1.74. The molecule has 2 aromatic rings. The Kier molecular flexibility index (Phi) is 4.28. The molecule has 0 aliphatic carbocycles. The number of nitrogens with zero attached hydrogens (tertiary/aromatic N) is 2. The highest BCUT2D eigenvalue weighted by Gasteiger charge is 2.66. The number of carbonyl (C=O) groups excluding carboxylic acids is 2. The van der Waals surface area contributed by atoms with Crippen molar-refractivity contribution in [2.75, 3.05) is 0 Å². The lowest BCUT2D eigenvalue weighted by Gasteiger charge is -2.39. The van der Waals surface area contributed by atoms with Crippen LogP contribution in [-0.2, 0) is 30.5 Å². The summed E-state index contributed by atoms with van der Waals surface area (Å²) in [5, 5.41) is 0.986. The minimum Gasteiger partial charge on any atom is -0.421 e. The van der Waals surface area contributed by atoms with Crippen LogP contribution in [0.1, 0.15) is 25.0 Å². The predicted octanol–water partition coefficient (Wildman–Crippen LogP) is 4.03. The van der Waals surface area contributed by atoms with E-state index in [1.165, 1.54) is 13.8 Å². The first-order valence-electron chi connectivity index (χ1n) is 8.39. The van der Waals surface area contributed by atoms with Crippen LogP contribution in [0.3, 0.4) is 0 Å².